The van der Waals surface area contributed by atoms with Crippen molar-refractivity contribution in [1.29, 1.82) is 0 Å². The standard InChI is InChI=1S/C7H11BrF3NO2/c1-5(8)6(14)12(2-3-13)4-7(9,10)11/h5,13H,2-4H2,1H3. The van der Waals surface area contributed by atoms with Gasteiger partial charge in [-0.2, -0.15) is 13.2 Å². The number of nitrogens with zero attached hydrogens (tertiary/aromatic N) is 1. The van der Waals surface area contributed by atoms with Crippen LogP contribution in [0.4, 0.5) is 13.2 Å². The van der Waals surface area contributed by atoms with Crippen LogP contribution >= 0.6 is 15.9 Å². The van der Waals surface area contributed by atoms with Crippen LogP contribution in [0.1, 0.15) is 6.92 Å². The van der Waals surface area contributed by atoms with E-state index in [0.717, 1.165) is 0 Å². The summed E-state index contributed by atoms with van der Waals surface area (Å²) in [4.78, 5) is 11.1. The fraction of sp³-hybridized carbons (Fsp3) is 0.857. The molecule has 84 valence electrons. The number of hydrogen-bond acceptors (Lipinski definition) is 2. The Kier molecular flexibility index (Phi) is 5.43. The minimum absolute atomic E-state index is 0.311. The SMILES string of the molecule is CC(Br)C(=O)N(CCO)CC(F)(F)F. The van der Waals surface area contributed by atoms with Crippen LogP contribution in [0.3, 0.4) is 0 Å². The van der Waals surface area contributed by atoms with Gasteiger partial charge in [-0.15, -0.1) is 0 Å². The van der Waals surface area contributed by atoms with E-state index < -0.39 is 30.1 Å². The number of carbonyl (C=O) groups excluding carboxylic acids is 1. The molecule has 14 heavy (non-hydrogen) atoms. The Balaban J connectivity index is 4.36. The molecule has 0 bridgehead atoms. The van der Waals surface area contributed by atoms with Gasteiger partial charge in [0, 0.05) is 6.54 Å². The molecule has 3 nitrogen and oxygen atoms in total. The highest BCUT2D eigenvalue weighted by molar-refractivity contribution is 9.10. The van der Waals surface area contributed by atoms with Crippen LogP contribution in [0.25, 0.3) is 0 Å². The Bertz CT molecular complexity index is 196. The zero-order valence-corrected chi connectivity index (χ0v) is 9.10. The van der Waals surface area contributed by atoms with Crippen LogP contribution in [0, 0.1) is 0 Å². The van der Waals surface area contributed by atoms with Crippen molar-refractivity contribution in [2.45, 2.75) is 17.9 Å². The van der Waals surface area contributed by atoms with Gasteiger partial charge in [-0.3, -0.25) is 4.79 Å². The third-order valence-electron chi connectivity index (χ3n) is 1.39. The second kappa shape index (κ2) is 5.55. The smallest absolute Gasteiger partial charge is 0.395 e. The average Bonchev–Trinajstić information content (AvgIpc) is 1.99. The van der Waals surface area contributed by atoms with Crippen molar-refractivity contribution in [2.75, 3.05) is 19.7 Å². The molecule has 0 heterocycles. The number of halogens is 4. The van der Waals surface area contributed by atoms with Gasteiger partial charge in [-0.05, 0) is 6.92 Å². The highest BCUT2D eigenvalue weighted by Gasteiger charge is 2.33. The summed E-state index contributed by atoms with van der Waals surface area (Å²) in [5.74, 6) is -0.684. The van der Waals surface area contributed by atoms with Gasteiger partial charge in [0.2, 0.25) is 5.91 Å². The van der Waals surface area contributed by atoms with Crippen LogP contribution in [-0.4, -0.2) is 46.6 Å². The van der Waals surface area contributed by atoms with Crippen molar-refractivity contribution < 1.29 is 23.1 Å². The molecule has 0 spiro atoms. The fourth-order valence-electron chi connectivity index (χ4n) is 0.856. The summed E-state index contributed by atoms with van der Waals surface area (Å²) < 4.78 is 35.9. The third-order valence-corrected chi connectivity index (χ3v) is 1.78. The van der Waals surface area contributed by atoms with Crippen LogP contribution in [0.15, 0.2) is 0 Å². The predicted molar refractivity (Wildman–Crippen MR) is 48.1 cm³/mol. The van der Waals surface area contributed by atoms with Gasteiger partial charge in [0.25, 0.3) is 0 Å². The maximum atomic E-state index is 12.0. The van der Waals surface area contributed by atoms with Crippen molar-refractivity contribution >= 4 is 21.8 Å². The molecule has 0 aliphatic heterocycles. The highest BCUT2D eigenvalue weighted by atomic mass is 79.9. The van der Waals surface area contributed by atoms with Crippen molar-refractivity contribution in [3.8, 4) is 0 Å². The molecule has 0 saturated heterocycles. The lowest BCUT2D eigenvalue weighted by atomic mass is 10.3. The van der Waals surface area contributed by atoms with Gasteiger partial charge in [0.05, 0.1) is 11.4 Å². The highest BCUT2D eigenvalue weighted by Crippen LogP contribution is 2.17. The van der Waals surface area contributed by atoms with E-state index in [0.29, 0.717) is 4.90 Å². The van der Waals surface area contributed by atoms with Crippen molar-refractivity contribution in [1.82, 2.24) is 4.90 Å². The molecule has 0 radical (unpaired) electrons. The summed E-state index contributed by atoms with van der Waals surface area (Å²) in [5.41, 5.74) is 0. The summed E-state index contributed by atoms with van der Waals surface area (Å²) in [6.45, 7) is -0.693. The summed E-state index contributed by atoms with van der Waals surface area (Å²) in [7, 11) is 0. The number of aliphatic hydroxyl groups excluding tert-OH is 1. The van der Waals surface area contributed by atoms with Gasteiger partial charge in [-0.25, -0.2) is 0 Å². The number of amides is 1. The molecule has 7 heteroatoms. The number of rotatable bonds is 4. The van der Waals surface area contributed by atoms with Crippen molar-refractivity contribution in [3.05, 3.63) is 0 Å². The maximum Gasteiger partial charge on any atom is 0.406 e. The normalized spacial score (nSPS) is 13.9. The first kappa shape index (κ1) is 13.7. The first-order valence-electron chi connectivity index (χ1n) is 3.88. The second-order valence-corrected chi connectivity index (χ2v) is 4.09. The summed E-state index contributed by atoms with van der Waals surface area (Å²) in [6.07, 6.45) is -4.44. The molecule has 1 atom stereocenters. The van der Waals surface area contributed by atoms with E-state index in [-0.39, 0.29) is 6.54 Å². The lowest BCUT2D eigenvalue weighted by Crippen LogP contribution is -2.43. The lowest BCUT2D eigenvalue weighted by molar-refractivity contribution is -0.161. The number of aliphatic hydroxyl groups is 1. The summed E-state index contributed by atoms with van der Waals surface area (Å²) >= 11 is 2.88. The van der Waals surface area contributed by atoms with E-state index in [9.17, 15) is 18.0 Å². The monoisotopic (exact) mass is 277 g/mol. The van der Waals surface area contributed by atoms with Gasteiger partial charge in [0.1, 0.15) is 6.54 Å². The summed E-state index contributed by atoms with van der Waals surface area (Å²) in [5, 5.41) is 8.49. The molecular weight excluding hydrogens is 267 g/mol. The van der Waals surface area contributed by atoms with Crippen LogP contribution in [0.2, 0.25) is 0 Å². The minimum Gasteiger partial charge on any atom is -0.395 e. The van der Waals surface area contributed by atoms with Gasteiger partial charge < -0.3 is 10.0 Å². The first-order chi connectivity index (χ1) is 6.28. The Morgan fingerprint density at radius 2 is 2.07 bits per heavy atom. The van der Waals surface area contributed by atoms with Gasteiger partial charge in [0.15, 0.2) is 0 Å². The number of carbonyl (C=O) groups is 1. The van der Waals surface area contributed by atoms with E-state index in [1.54, 1.807) is 0 Å². The summed E-state index contributed by atoms with van der Waals surface area (Å²) in [6, 6.07) is 0. The maximum absolute atomic E-state index is 12.0. The average molecular weight is 278 g/mol. The topological polar surface area (TPSA) is 40.5 Å². The molecule has 0 aliphatic rings. The van der Waals surface area contributed by atoms with E-state index >= 15 is 0 Å². The van der Waals surface area contributed by atoms with Crippen molar-refractivity contribution in [3.63, 3.8) is 0 Å². The van der Waals surface area contributed by atoms with Gasteiger partial charge >= 0.3 is 6.18 Å². The zero-order chi connectivity index (χ0) is 11.4. The molecule has 0 aliphatic carbocycles. The van der Waals surface area contributed by atoms with Crippen LogP contribution < -0.4 is 0 Å². The largest absolute Gasteiger partial charge is 0.406 e. The molecule has 0 aromatic heterocycles. The lowest BCUT2D eigenvalue weighted by Gasteiger charge is -2.24. The van der Waals surface area contributed by atoms with Crippen LogP contribution in [0.5, 0.6) is 0 Å². The molecular formula is C7H11BrF3NO2. The molecule has 0 fully saturated rings. The first-order valence-corrected chi connectivity index (χ1v) is 4.80. The molecule has 1 N–H and O–H groups in total. The van der Waals surface area contributed by atoms with Gasteiger partial charge in [-0.1, -0.05) is 15.9 Å². The Morgan fingerprint density at radius 3 is 2.36 bits per heavy atom. The van der Waals surface area contributed by atoms with Crippen molar-refractivity contribution in [2.24, 2.45) is 0 Å². The predicted octanol–water partition coefficient (Wildman–Crippen LogP) is 1.15. The van der Waals surface area contributed by atoms with E-state index in [1.165, 1.54) is 6.92 Å². The Morgan fingerprint density at radius 1 is 1.57 bits per heavy atom. The third kappa shape index (κ3) is 5.43. The second-order valence-electron chi connectivity index (χ2n) is 2.71. The molecule has 0 aromatic rings. The number of alkyl halides is 4. The molecule has 1 amide bonds. The molecule has 0 rings (SSSR count). The number of hydrogen-bond donors (Lipinski definition) is 1. The molecule has 0 aromatic carbocycles. The fourth-order valence-corrected chi connectivity index (χ4v) is 1.15. The van der Waals surface area contributed by atoms with E-state index in [1.807, 2.05) is 0 Å². The molecule has 1 unspecified atom stereocenters. The quantitative estimate of drug-likeness (QED) is 0.784. The Labute approximate surface area is 88.0 Å². The van der Waals surface area contributed by atoms with E-state index in [2.05, 4.69) is 15.9 Å². The van der Waals surface area contributed by atoms with Crippen LogP contribution in [-0.2, 0) is 4.79 Å². The Hall–Kier alpha value is -0.300. The van der Waals surface area contributed by atoms with E-state index in [4.69, 9.17) is 5.11 Å². The zero-order valence-electron chi connectivity index (χ0n) is 7.51. The molecule has 0 saturated carbocycles. The minimum atomic E-state index is -4.44.